The molecule has 2 N–H and O–H groups in total. The molecule has 0 radical (unpaired) electrons. The number of pyridine rings is 1. The number of fused-ring (bicyclic) bond motifs is 1. The molecule has 8 nitrogen and oxygen atoms in total. The van der Waals surface area contributed by atoms with E-state index in [0.717, 1.165) is 36.1 Å². The molecule has 2 aliphatic rings. The number of carbonyl (C=O) groups excluding carboxylic acids is 1. The van der Waals surface area contributed by atoms with Gasteiger partial charge in [0.05, 0.1) is 23.0 Å². The third kappa shape index (κ3) is 5.59. The highest BCUT2D eigenvalue weighted by molar-refractivity contribution is 5.73. The first kappa shape index (κ1) is 30.2. The van der Waals surface area contributed by atoms with Crippen LogP contribution in [-0.4, -0.2) is 62.7 Å². The number of ether oxygens (including phenoxy) is 1. The smallest absolute Gasteiger partial charge is 0.219 e. The molecule has 2 fully saturated rings. The molecular weight excluding hydrogens is 569 g/mol. The summed E-state index contributed by atoms with van der Waals surface area (Å²) < 4.78 is 53.1. The Balaban J connectivity index is 1.29. The fraction of sp³-hybridized carbons (Fsp3) is 0.455. The van der Waals surface area contributed by atoms with E-state index in [4.69, 9.17) is 10.5 Å². The Labute approximate surface area is 254 Å². The van der Waals surface area contributed by atoms with Crippen LogP contribution in [0.25, 0.3) is 16.8 Å². The molecule has 1 saturated carbocycles. The normalized spacial score (nSPS) is 23.5. The highest BCUT2D eigenvalue weighted by Crippen LogP contribution is 2.40. The molecule has 11 heteroatoms. The minimum atomic E-state index is -1.83. The third-order valence-corrected chi connectivity index (χ3v) is 9.46. The van der Waals surface area contributed by atoms with Crippen LogP contribution in [0.3, 0.4) is 0 Å². The van der Waals surface area contributed by atoms with E-state index in [1.54, 1.807) is 34.8 Å². The van der Waals surface area contributed by atoms with E-state index in [0.29, 0.717) is 17.8 Å². The fourth-order valence-corrected chi connectivity index (χ4v) is 7.11. The Hall–Kier alpha value is -3.83. The molecule has 1 aliphatic heterocycles. The SMILES string of the molecule is CC(=O)N(C)[C@@H]1[C@H](N)C[C@H](c2ccncc2Cc2ncc3ccc(-c4c(F)cc(C5(F)CCOCC5)cc4F)nn23)C[C@@H]1C. The van der Waals surface area contributed by atoms with E-state index in [2.05, 4.69) is 22.0 Å². The van der Waals surface area contributed by atoms with Crippen LogP contribution >= 0.6 is 0 Å². The second kappa shape index (κ2) is 11.9. The van der Waals surface area contributed by atoms with Gasteiger partial charge in [0.25, 0.3) is 0 Å². The minimum absolute atomic E-state index is 0.000218. The highest BCUT2D eigenvalue weighted by atomic mass is 19.1. The number of alkyl halides is 1. The van der Waals surface area contributed by atoms with Gasteiger partial charge in [0.1, 0.15) is 23.1 Å². The van der Waals surface area contributed by atoms with E-state index >= 15 is 13.2 Å². The van der Waals surface area contributed by atoms with Crippen molar-refractivity contribution in [3.05, 3.63) is 83.1 Å². The second-order valence-electron chi connectivity index (χ2n) is 12.3. The number of carbonyl (C=O) groups is 1. The summed E-state index contributed by atoms with van der Waals surface area (Å²) in [4.78, 5) is 22.8. The highest BCUT2D eigenvalue weighted by Gasteiger charge is 2.38. The molecule has 1 amide bonds. The lowest BCUT2D eigenvalue weighted by Gasteiger charge is -2.43. The summed E-state index contributed by atoms with van der Waals surface area (Å²) in [5.41, 5.74) is 7.27. The Morgan fingerprint density at radius 1 is 1.14 bits per heavy atom. The number of hydrogen-bond donors (Lipinski definition) is 1. The molecule has 1 aliphatic carbocycles. The monoisotopic (exact) mass is 606 g/mol. The Morgan fingerprint density at radius 3 is 2.55 bits per heavy atom. The molecule has 4 atom stereocenters. The number of amides is 1. The first-order valence-corrected chi connectivity index (χ1v) is 15.1. The summed E-state index contributed by atoms with van der Waals surface area (Å²) in [6.07, 6.45) is 7.30. The average molecular weight is 607 g/mol. The van der Waals surface area contributed by atoms with E-state index < -0.39 is 17.3 Å². The van der Waals surface area contributed by atoms with Gasteiger partial charge >= 0.3 is 0 Å². The summed E-state index contributed by atoms with van der Waals surface area (Å²) in [5, 5.41) is 4.58. The van der Waals surface area contributed by atoms with Crippen molar-refractivity contribution in [3.8, 4) is 11.3 Å². The van der Waals surface area contributed by atoms with Gasteiger partial charge < -0.3 is 15.4 Å². The Kier molecular flexibility index (Phi) is 8.19. The maximum absolute atomic E-state index is 15.5. The van der Waals surface area contributed by atoms with E-state index in [1.165, 1.54) is 6.07 Å². The third-order valence-electron chi connectivity index (χ3n) is 9.46. The maximum Gasteiger partial charge on any atom is 0.219 e. The number of rotatable bonds is 6. The minimum Gasteiger partial charge on any atom is -0.381 e. The van der Waals surface area contributed by atoms with Crippen molar-refractivity contribution in [2.24, 2.45) is 11.7 Å². The van der Waals surface area contributed by atoms with Crippen LogP contribution in [0.1, 0.15) is 68.0 Å². The number of imidazole rings is 1. The van der Waals surface area contributed by atoms with Gasteiger partial charge in [-0.3, -0.25) is 9.78 Å². The lowest BCUT2D eigenvalue weighted by atomic mass is 9.72. The van der Waals surface area contributed by atoms with Gasteiger partial charge in [-0.25, -0.2) is 22.7 Å². The lowest BCUT2D eigenvalue weighted by Crippen LogP contribution is -2.54. The van der Waals surface area contributed by atoms with Gasteiger partial charge in [0, 0.05) is 70.9 Å². The second-order valence-corrected chi connectivity index (χ2v) is 12.3. The van der Waals surface area contributed by atoms with E-state index in [1.807, 2.05) is 19.3 Å². The first-order chi connectivity index (χ1) is 21.1. The number of nitrogens with zero attached hydrogens (tertiary/aromatic N) is 5. The Morgan fingerprint density at radius 2 is 1.86 bits per heavy atom. The molecule has 44 heavy (non-hydrogen) atoms. The molecule has 0 unspecified atom stereocenters. The molecule has 4 aromatic rings. The van der Waals surface area contributed by atoms with E-state index in [9.17, 15) is 4.79 Å². The summed E-state index contributed by atoms with van der Waals surface area (Å²) in [6.45, 7) is 4.09. The predicted molar refractivity (Wildman–Crippen MR) is 160 cm³/mol. The first-order valence-electron chi connectivity index (χ1n) is 15.1. The van der Waals surface area contributed by atoms with Crippen molar-refractivity contribution in [1.29, 1.82) is 0 Å². The zero-order valence-corrected chi connectivity index (χ0v) is 25.1. The summed E-state index contributed by atoms with van der Waals surface area (Å²) in [6, 6.07) is 7.18. The number of hydrogen-bond acceptors (Lipinski definition) is 6. The molecule has 1 aromatic carbocycles. The molecule has 6 rings (SSSR count). The number of nitrogens with two attached hydrogens (primary N) is 1. The van der Waals surface area contributed by atoms with Gasteiger partial charge in [-0.15, -0.1) is 0 Å². The quantitative estimate of drug-likeness (QED) is 0.319. The largest absolute Gasteiger partial charge is 0.381 e. The zero-order valence-electron chi connectivity index (χ0n) is 25.1. The Bertz CT molecular complexity index is 1650. The van der Waals surface area contributed by atoms with Gasteiger partial charge in [0.15, 0.2) is 0 Å². The molecule has 4 heterocycles. The van der Waals surface area contributed by atoms with Gasteiger partial charge in [-0.05, 0) is 71.7 Å². The molecule has 0 bridgehead atoms. The van der Waals surface area contributed by atoms with Crippen molar-refractivity contribution in [2.75, 3.05) is 20.3 Å². The van der Waals surface area contributed by atoms with Crippen LogP contribution in [0.4, 0.5) is 13.2 Å². The van der Waals surface area contributed by atoms with Crippen LogP contribution in [0.15, 0.2) is 48.9 Å². The number of benzene rings is 1. The van der Waals surface area contributed by atoms with Crippen molar-refractivity contribution in [2.45, 2.75) is 69.6 Å². The maximum atomic E-state index is 15.5. The van der Waals surface area contributed by atoms with Crippen LogP contribution in [-0.2, 0) is 21.6 Å². The average Bonchev–Trinajstić information content (AvgIpc) is 3.38. The van der Waals surface area contributed by atoms with Gasteiger partial charge in [-0.1, -0.05) is 6.92 Å². The molecule has 1 saturated heterocycles. The van der Waals surface area contributed by atoms with Gasteiger partial charge in [-0.2, -0.15) is 5.10 Å². The molecule has 0 spiro atoms. The topological polar surface area (TPSA) is 98.6 Å². The van der Waals surface area contributed by atoms with Crippen LogP contribution in [0.5, 0.6) is 0 Å². The van der Waals surface area contributed by atoms with Crippen LogP contribution in [0, 0.1) is 17.6 Å². The number of likely N-dealkylation sites (N-methyl/N-ethyl adjacent to an activating group) is 1. The molecule has 232 valence electrons. The molecular formula is C33H37F3N6O2. The summed E-state index contributed by atoms with van der Waals surface area (Å²) in [7, 11) is 1.81. The van der Waals surface area contributed by atoms with Crippen molar-refractivity contribution < 1.29 is 22.7 Å². The van der Waals surface area contributed by atoms with Crippen molar-refractivity contribution in [3.63, 3.8) is 0 Å². The summed E-state index contributed by atoms with van der Waals surface area (Å²) in [5.74, 6) is -0.794. The fourth-order valence-electron chi connectivity index (χ4n) is 7.11. The van der Waals surface area contributed by atoms with Crippen LogP contribution in [0.2, 0.25) is 0 Å². The summed E-state index contributed by atoms with van der Waals surface area (Å²) >= 11 is 0. The number of aromatic nitrogens is 4. The van der Waals surface area contributed by atoms with Crippen LogP contribution < -0.4 is 5.73 Å². The van der Waals surface area contributed by atoms with Crippen molar-refractivity contribution in [1.82, 2.24) is 24.5 Å². The van der Waals surface area contributed by atoms with Crippen molar-refractivity contribution >= 4 is 11.4 Å². The van der Waals surface area contributed by atoms with Gasteiger partial charge in [0.2, 0.25) is 5.91 Å². The zero-order chi connectivity index (χ0) is 31.2. The molecule has 3 aromatic heterocycles. The standard InChI is InChI=1S/C33H37F3N6O2/c1-19-12-21(13-28(37)32(19)41(3)20(2)43)25-6-9-38-17-22(25)14-30-39-18-24-4-5-29(40-42(24)30)31-26(34)15-23(16-27(31)35)33(36)7-10-44-11-8-33/h4-6,9,15-19,21,28,32H,7-8,10-14,37H2,1-3H3/t19-,21+,28+,32-/m0/s1. The van der Waals surface area contributed by atoms with E-state index in [-0.39, 0.29) is 72.7 Å². The predicted octanol–water partition coefficient (Wildman–Crippen LogP) is 5.32. The lowest BCUT2D eigenvalue weighted by molar-refractivity contribution is -0.131. The number of halogens is 3.